The molecule has 2 aliphatic carbocycles. The van der Waals surface area contributed by atoms with E-state index in [2.05, 4.69) is 34.3 Å². The van der Waals surface area contributed by atoms with Crippen LogP contribution in [-0.4, -0.2) is 41.7 Å². The van der Waals surface area contributed by atoms with Crippen LogP contribution in [0.3, 0.4) is 0 Å². The van der Waals surface area contributed by atoms with Crippen molar-refractivity contribution in [1.82, 2.24) is 0 Å². The van der Waals surface area contributed by atoms with Gasteiger partial charge in [0.2, 0.25) is 0 Å². The Morgan fingerprint density at radius 1 is 1.28 bits per heavy atom. The molecular formula is C21H30O4. The maximum Gasteiger partial charge on any atom is 0.132 e. The number of hydrogen-bond acceptors (Lipinski definition) is 4. The number of allylic oxidation sites excluding steroid dienone is 1. The molecule has 4 nitrogen and oxygen atoms in total. The fourth-order valence-electron chi connectivity index (χ4n) is 6.80. The van der Waals surface area contributed by atoms with Crippen molar-refractivity contribution in [2.24, 2.45) is 23.2 Å². The molecule has 3 heterocycles. The standard InChI is InChI=1S/C21H30O4/c1-11(2)14-8-17-21(25-17)19(4)7-6-13-12(3)23-9-15(13)16(19)10-24-20(21,5)18(14)22/h11,14,16-18,22H,3,6-10H2,1-2,4-5H3/t14?,16?,17-,18+,19-,20+,21+/m0/s1. The van der Waals surface area contributed by atoms with Gasteiger partial charge in [-0.1, -0.05) is 27.4 Å². The Labute approximate surface area is 150 Å². The van der Waals surface area contributed by atoms with Gasteiger partial charge >= 0.3 is 0 Å². The smallest absolute Gasteiger partial charge is 0.132 e. The van der Waals surface area contributed by atoms with Crippen molar-refractivity contribution < 1.29 is 19.3 Å². The van der Waals surface area contributed by atoms with Crippen molar-refractivity contribution >= 4 is 0 Å². The predicted molar refractivity (Wildman–Crippen MR) is 93.9 cm³/mol. The third-order valence-corrected chi connectivity index (χ3v) is 8.38. The molecule has 25 heavy (non-hydrogen) atoms. The van der Waals surface area contributed by atoms with E-state index in [1.54, 1.807) is 0 Å². The van der Waals surface area contributed by atoms with Crippen LogP contribution in [0.15, 0.2) is 23.5 Å². The molecule has 1 spiro atoms. The Hall–Kier alpha value is -0.840. The van der Waals surface area contributed by atoms with Crippen LogP contribution in [0, 0.1) is 23.2 Å². The van der Waals surface area contributed by atoms with Crippen LogP contribution in [0.1, 0.15) is 47.0 Å². The summed E-state index contributed by atoms with van der Waals surface area (Å²) in [5.41, 5.74) is 1.67. The molecule has 0 amide bonds. The number of aliphatic hydroxyl groups is 1. The van der Waals surface area contributed by atoms with Crippen molar-refractivity contribution in [2.75, 3.05) is 13.2 Å². The Balaban J connectivity index is 1.58. The highest BCUT2D eigenvalue weighted by Gasteiger charge is 2.83. The van der Waals surface area contributed by atoms with E-state index in [4.69, 9.17) is 14.2 Å². The van der Waals surface area contributed by atoms with Crippen molar-refractivity contribution in [1.29, 1.82) is 0 Å². The number of hydrogen-bond donors (Lipinski definition) is 1. The average molecular weight is 346 g/mol. The molecule has 4 heteroatoms. The summed E-state index contributed by atoms with van der Waals surface area (Å²) in [6.07, 6.45) is 2.71. The second kappa shape index (κ2) is 4.71. The summed E-state index contributed by atoms with van der Waals surface area (Å²) in [6, 6.07) is 0. The zero-order valence-electron chi connectivity index (χ0n) is 15.8. The van der Waals surface area contributed by atoms with Crippen molar-refractivity contribution in [3.8, 4) is 0 Å². The van der Waals surface area contributed by atoms with Crippen LogP contribution >= 0.6 is 0 Å². The molecule has 2 unspecified atom stereocenters. The Morgan fingerprint density at radius 3 is 2.76 bits per heavy atom. The molecule has 1 N–H and O–H groups in total. The van der Waals surface area contributed by atoms with Gasteiger partial charge in [0.25, 0.3) is 0 Å². The normalized spacial score (nSPS) is 53.8. The lowest BCUT2D eigenvalue weighted by molar-refractivity contribution is -0.255. The predicted octanol–water partition coefficient (Wildman–Crippen LogP) is 3.21. The van der Waals surface area contributed by atoms with E-state index >= 15 is 0 Å². The average Bonchev–Trinajstić information content (AvgIpc) is 3.20. The van der Waals surface area contributed by atoms with Crippen LogP contribution in [0.25, 0.3) is 0 Å². The first kappa shape index (κ1) is 16.3. The lowest BCUT2D eigenvalue weighted by Crippen LogP contribution is -2.72. The van der Waals surface area contributed by atoms with E-state index in [1.165, 1.54) is 11.1 Å². The highest BCUT2D eigenvalue weighted by atomic mass is 16.7. The largest absolute Gasteiger partial charge is 0.490 e. The van der Waals surface area contributed by atoms with Crippen molar-refractivity contribution in [2.45, 2.75) is 70.4 Å². The molecule has 5 aliphatic rings. The lowest BCUT2D eigenvalue weighted by atomic mass is 9.49. The highest BCUT2D eigenvalue weighted by molar-refractivity contribution is 5.43. The summed E-state index contributed by atoms with van der Waals surface area (Å²) in [7, 11) is 0. The van der Waals surface area contributed by atoms with Gasteiger partial charge in [0.1, 0.15) is 23.6 Å². The van der Waals surface area contributed by atoms with Gasteiger partial charge in [0.15, 0.2) is 0 Å². The molecule has 0 aromatic rings. The van der Waals surface area contributed by atoms with E-state index < -0.39 is 11.7 Å². The van der Waals surface area contributed by atoms with Gasteiger partial charge < -0.3 is 19.3 Å². The third kappa shape index (κ3) is 1.65. The van der Waals surface area contributed by atoms with Gasteiger partial charge in [-0.05, 0) is 49.2 Å². The summed E-state index contributed by atoms with van der Waals surface area (Å²) in [5.74, 6) is 1.81. The van der Waals surface area contributed by atoms with E-state index in [0.717, 1.165) is 25.0 Å². The first-order valence-corrected chi connectivity index (χ1v) is 9.80. The molecule has 7 atom stereocenters. The van der Waals surface area contributed by atoms with Crippen molar-refractivity contribution in [3.05, 3.63) is 23.5 Å². The van der Waals surface area contributed by atoms with E-state index in [1.807, 2.05) is 0 Å². The van der Waals surface area contributed by atoms with Gasteiger partial charge in [-0.2, -0.15) is 0 Å². The zero-order chi connectivity index (χ0) is 17.8. The van der Waals surface area contributed by atoms with E-state index in [9.17, 15) is 5.11 Å². The number of rotatable bonds is 1. The van der Waals surface area contributed by atoms with Gasteiger partial charge in [-0.3, -0.25) is 0 Å². The molecule has 5 rings (SSSR count). The van der Waals surface area contributed by atoms with Gasteiger partial charge in [-0.15, -0.1) is 0 Å². The van der Waals surface area contributed by atoms with Crippen LogP contribution in [0.4, 0.5) is 0 Å². The summed E-state index contributed by atoms with van der Waals surface area (Å²) in [5, 5.41) is 11.3. The van der Waals surface area contributed by atoms with Crippen LogP contribution in [0.2, 0.25) is 0 Å². The fraction of sp³-hybridized carbons (Fsp3) is 0.810. The molecule has 3 fully saturated rings. The third-order valence-electron chi connectivity index (χ3n) is 8.38. The minimum atomic E-state index is -0.620. The maximum absolute atomic E-state index is 11.3. The molecular weight excluding hydrogens is 316 g/mol. The SMILES string of the molecule is C=C1OCC2=C1CC[C@@]1(C)C2CO[C@]2(C)[C@H](O)C(C(C)C)C[C@@H]3O[C@]312. The lowest BCUT2D eigenvalue weighted by Gasteiger charge is -2.60. The molecule has 2 saturated heterocycles. The zero-order valence-corrected chi connectivity index (χ0v) is 15.8. The number of aliphatic hydroxyl groups excluding tert-OH is 1. The molecule has 0 bridgehead atoms. The first-order valence-electron chi connectivity index (χ1n) is 9.80. The summed E-state index contributed by atoms with van der Waals surface area (Å²) in [6.45, 7) is 14.2. The Kier molecular flexibility index (Phi) is 3.08. The quantitative estimate of drug-likeness (QED) is 0.741. The Bertz CT molecular complexity index is 681. The molecule has 1 saturated carbocycles. The second-order valence-electron chi connectivity index (χ2n) is 9.53. The van der Waals surface area contributed by atoms with E-state index in [0.29, 0.717) is 25.0 Å². The minimum Gasteiger partial charge on any atom is -0.490 e. The van der Waals surface area contributed by atoms with Gasteiger partial charge in [0, 0.05) is 11.3 Å². The van der Waals surface area contributed by atoms with Gasteiger partial charge in [-0.25, -0.2) is 0 Å². The molecule has 0 aromatic carbocycles. The van der Waals surface area contributed by atoms with E-state index in [-0.39, 0.29) is 23.0 Å². The maximum atomic E-state index is 11.3. The van der Waals surface area contributed by atoms with Gasteiger partial charge in [0.05, 0.1) is 18.8 Å². The second-order valence-corrected chi connectivity index (χ2v) is 9.53. The summed E-state index contributed by atoms with van der Waals surface area (Å²) >= 11 is 0. The fourth-order valence-corrected chi connectivity index (χ4v) is 6.80. The molecule has 138 valence electrons. The topological polar surface area (TPSA) is 51.2 Å². The van der Waals surface area contributed by atoms with Crippen LogP contribution in [0.5, 0.6) is 0 Å². The van der Waals surface area contributed by atoms with Crippen LogP contribution in [-0.2, 0) is 14.2 Å². The summed E-state index contributed by atoms with van der Waals surface area (Å²) < 4.78 is 18.7. The number of ether oxygens (including phenoxy) is 3. The first-order chi connectivity index (χ1) is 11.8. The number of fused-ring (bicyclic) bond motifs is 2. The monoisotopic (exact) mass is 346 g/mol. The molecule has 0 aromatic heterocycles. The summed E-state index contributed by atoms with van der Waals surface area (Å²) in [4.78, 5) is 0. The number of epoxide rings is 1. The highest BCUT2D eigenvalue weighted by Crippen LogP contribution is 2.72. The Morgan fingerprint density at radius 2 is 2.04 bits per heavy atom. The van der Waals surface area contributed by atoms with Crippen molar-refractivity contribution in [3.63, 3.8) is 0 Å². The molecule has 3 aliphatic heterocycles. The molecule has 0 radical (unpaired) electrons. The minimum absolute atomic E-state index is 0.0135. The van der Waals surface area contributed by atoms with Crippen LogP contribution < -0.4 is 0 Å².